The summed E-state index contributed by atoms with van der Waals surface area (Å²) in [6.07, 6.45) is 0.373. The van der Waals surface area contributed by atoms with Crippen LogP contribution in [-0.2, 0) is 0 Å². The van der Waals surface area contributed by atoms with E-state index in [1.807, 2.05) is 0 Å². The lowest BCUT2D eigenvalue weighted by atomic mass is 10.1. The highest BCUT2D eigenvalue weighted by atomic mass is 19.1. The van der Waals surface area contributed by atoms with Crippen LogP contribution in [0.2, 0.25) is 0 Å². The molecule has 1 aromatic heterocycles. The molecule has 0 N–H and O–H groups in total. The van der Waals surface area contributed by atoms with Crippen molar-refractivity contribution in [1.29, 1.82) is 0 Å². The lowest BCUT2D eigenvalue weighted by Crippen LogP contribution is -1.92. The van der Waals surface area contributed by atoms with Gasteiger partial charge in [0.1, 0.15) is 11.5 Å². The van der Waals surface area contributed by atoms with E-state index in [0.29, 0.717) is 12.1 Å². The van der Waals surface area contributed by atoms with Crippen molar-refractivity contribution in [1.82, 2.24) is 5.16 Å². The summed E-state index contributed by atoms with van der Waals surface area (Å²) < 4.78 is 17.6. The lowest BCUT2D eigenvalue weighted by molar-refractivity contribution is 0.0952. The molecular weight excluding hydrogens is 209 g/mol. The van der Waals surface area contributed by atoms with Crippen molar-refractivity contribution in [2.45, 2.75) is 13.3 Å². The third-order valence-electron chi connectivity index (χ3n) is 2.25. The average Bonchev–Trinajstić information content (AvgIpc) is 2.78. The van der Waals surface area contributed by atoms with Crippen LogP contribution in [0.5, 0.6) is 0 Å². The second kappa shape index (κ2) is 4.26. The highest BCUT2D eigenvalue weighted by Gasteiger charge is 2.11. The Balaban J connectivity index is 2.31. The van der Waals surface area contributed by atoms with Crippen molar-refractivity contribution in [3.05, 3.63) is 41.9 Å². The Bertz CT molecular complexity index is 502. The zero-order valence-electron chi connectivity index (χ0n) is 8.74. The molecule has 0 radical (unpaired) electrons. The summed E-state index contributed by atoms with van der Waals surface area (Å²) in [4.78, 5) is 11.3. The molecule has 0 aliphatic rings. The van der Waals surface area contributed by atoms with Gasteiger partial charge in [-0.05, 0) is 24.3 Å². The standard InChI is InChI=1S/C12H10FNO2/c1-2-11(15)12-7-10(14-16-12)8-3-5-9(13)6-4-8/h3-7H,2H2,1H3. The number of halogens is 1. The van der Waals surface area contributed by atoms with Crippen LogP contribution < -0.4 is 0 Å². The van der Waals surface area contributed by atoms with Gasteiger partial charge in [-0.15, -0.1) is 0 Å². The lowest BCUT2D eigenvalue weighted by Gasteiger charge is -1.93. The van der Waals surface area contributed by atoms with E-state index in [2.05, 4.69) is 5.16 Å². The monoisotopic (exact) mass is 219 g/mol. The third kappa shape index (κ3) is 2.00. The van der Waals surface area contributed by atoms with Crippen LogP contribution >= 0.6 is 0 Å². The van der Waals surface area contributed by atoms with E-state index in [4.69, 9.17) is 4.52 Å². The molecular formula is C12H10FNO2. The van der Waals surface area contributed by atoms with Crippen molar-refractivity contribution in [3.8, 4) is 11.3 Å². The molecule has 0 spiro atoms. The molecule has 0 fully saturated rings. The highest BCUT2D eigenvalue weighted by molar-refractivity contribution is 5.93. The molecule has 2 rings (SSSR count). The van der Waals surface area contributed by atoms with Gasteiger partial charge in [0.25, 0.3) is 0 Å². The number of hydrogen-bond acceptors (Lipinski definition) is 3. The van der Waals surface area contributed by atoms with Crippen molar-refractivity contribution in [3.63, 3.8) is 0 Å². The number of carbonyl (C=O) groups excluding carboxylic acids is 1. The Morgan fingerprint density at radius 1 is 1.38 bits per heavy atom. The molecule has 0 aliphatic carbocycles. The predicted octanol–water partition coefficient (Wildman–Crippen LogP) is 3.07. The number of rotatable bonds is 3. The van der Waals surface area contributed by atoms with E-state index in [-0.39, 0.29) is 17.4 Å². The molecule has 0 aliphatic heterocycles. The van der Waals surface area contributed by atoms with Gasteiger partial charge in [-0.25, -0.2) is 4.39 Å². The van der Waals surface area contributed by atoms with Crippen LogP contribution in [0.1, 0.15) is 23.9 Å². The Hall–Kier alpha value is -1.97. The van der Waals surface area contributed by atoms with Crippen LogP contribution in [0.4, 0.5) is 4.39 Å². The molecule has 1 aromatic carbocycles. The molecule has 4 heteroatoms. The number of ketones is 1. The fraction of sp³-hybridized carbons (Fsp3) is 0.167. The Morgan fingerprint density at radius 3 is 2.69 bits per heavy atom. The second-order valence-corrected chi connectivity index (χ2v) is 3.36. The third-order valence-corrected chi connectivity index (χ3v) is 2.25. The zero-order chi connectivity index (χ0) is 11.5. The second-order valence-electron chi connectivity index (χ2n) is 3.36. The molecule has 0 amide bonds. The molecule has 1 heterocycles. The smallest absolute Gasteiger partial charge is 0.203 e. The number of Topliss-reactive ketones (excluding diaryl/α,β-unsaturated/α-hetero) is 1. The maximum Gasteiger partial charge on any atom is 0.203 e. The predicted molar refractivity (Wildman–Crippen MR) is 56.5 cm³/mol. The summed E-state index contributed by atoms with van der Waals surface area (Å²) in [5, 5.41) is 3.77. The van der Waals surface area contributed by atoms with E-state index in [1.54, 1.807) is 25.1 Å². The van der Waals surface area contributed by atoms with Gasteiger partial charge in [0.15, 0.2) is 0 Å². The SMILES string of the molecule is CCC(=O)c1cc(-c2ccc(F)cc2)no1. The number of benzene rings is 1. The normalized spacial score (nSPS) is 10.4. The van der Waals surface area contributed by atoms with Gasteiger partial charge in [-0.1, -0.05) is 12.1 Å². The molecule has 0 saturated carbocycles. The molecule has 82 valence electrons. The molecule has 0 saturated heterocycles. The van der Waals surface area contributed by atoms with Crippen LogP contribution in [0.3, 0.4) is 0 Å². The number of aromatic nitrogens is 1. The van der Waals surface area contributed by atoms with Crippen LogP contribution in [0.25, 0.3) is 11.3 Å². The Morgan fingerprint density at radius 2 is 2.06 bits per heavy atom. The summed E-state index contributed by atoms with van der Waals surface area (Å²) in [5.41, 5.74) is 1.26. The largest absolute Gasteiger partial charge is 0.352 e. The summed E-state index contributed by atoms with van der Waals surface area (Å²) in [6, 6.07) is 7.43. The first-order chi connectivity index (χ1) is 7.70. The van der Waals surface area contributed by atoms with Gasteiger partial charge < -0.3 is 4.52 Å². The van der Waals surface area contributed by atoms with E-state index in [9.17, 15) is 9.18 Å². The quantitative estimate of drug-likeness (QED) is 0.745. The summed E-state index contributed by atoms with van der Waals surface area (Å²) in [5.74, 6) is -0.167. The minimum Gasteiger partial charge on any atom is -0.352 e. The van der Waals surface area contributed by atoms with Crippen molar-refractivity contribution >= 4 is 5.78 Å². The highest BCUT2D eigenvalue weighted by Crippen LogP contribution is 2.19. The maximum absolute atomic E-state index is 12.7. The minimum atomic E-state index is -0.308. The van der Waals surface area contributed by atoms with Crippen molar-refractivity contribution in [2.24, 2.45) is 0 Å². The van der Waals surface area contributed by atoms with E-state index < -0.39 is 0 Å². The van der Waals surface area contributed by atoms with Crippen LogP contribution in [0, 0.1) is 5.82 Å². The van der Waals surface area contributed by atoms with Gasteiger partial charge in [0.2, 0.25) is 11.5 Å². The van der Waals surface area contributed by atoms with Crippen molar-refractivity contribution in [2.75, 3.05) is 0 Å². The topological polar surface area (TPSA) is 43.1 Å². The van der Waals surface area contributed by atoms with Crippen molar-refractivity contribution < 1.29 is 13.7 Å². The van der Waals surface area contributed by atoms with Gasteiger partial charge >= 0.3 is 0 Å². The summed E-state index contributed by atoms with van der Waals surface area (Å²) in [7, 11) is 0. The number of nitrogens with zero attached hydrogens (tertiary/aromatic N) is 1. The number of carbonyl (C=O) groups is 1. The average molecular weight is 219 g/mol. The minimum absolute atomic E-state index is 0.0964. The van der Waals surface area contributed by atoms with E-state index >= 15 is 0 Å². The summed E-state index contributed by atoms with van der Waals surface area (Å²) in [6.45, 7) is 1.75. The zero-order valence-corrected chi connectivity index (χ0v) is 8.74. The fourth-order valence-electron chi connectivity index (χ4n) is 1.34. The van der Waals surface area contributed by atoms with Gasteiger partial charge in [0, 0.05) is 18.1 Å². The molecule has 2 aromatic rings. The number of hydrogen-bond donors (Lipinski definition) is 0. The fourth-order valence-corrected chi connectivity index (χ4v) is 1.34. The summed E-state index contributed by atoms with van der Waals surface area (Å²) >= 11 is 0. The van der Waals surface area contributed by atoms with Gasteiger partial charge in [-0.3, -0.25) is 4.79 Å². The molecule has 16 heavy (non-hydrogen) atoms. The Kier molecular flexibility index (Phi) is 2.81. The van der Waals surface area contributed by atoms with Crippen LogP contribution in [0.15, 0.2) is 34.9 Å². The molecule has 0 bridgehead atoms. The first-order valence-corrected chi connectivity index (χ1v) is 4.96. The maximum atomic E-state index is 12.7. The molecule has 0 unspecified atom stereocenters. The molecule has 0 atom stereocenters. The first-order valence-electron chi connectivity index (χ1n) is 4.96. The van der Waals surface area contributed by atoms with E-state index in [1.165, 1.54) is 12.1 Å². The first kappa shape index (κ1) is 10.5. The van der Waals surface area contributed by atoms with Gasteiger partial charge in [0.05, 0.1) is 0 Å². The van der Waals surface area contributed by atoms with Gasteiger partial charge in [-0.2, -0.15) is 0 Å². The van der Waals surface area contributed by atoms with Crippen LogP contribution in [-0.4, -0.2) is 10.9 Å². The molecule has 3 nitrogen and oxygen atoms in total. The van der Waals surface area contributed by atoms with E-state index in [0.717, 1.165) is 5.56 Å². The Labute approximate surface area is 91.9 Å².